The van der Waals surface area contributed by atoms with Crippen molar-refractivity contribution in [3.05, 3.63) is 53.2 Å². The van der Waals surface area contributed by atoms with Gasteiger partial charge in [0.05, 0.1) is 17.7 Å². The zero-order chi connectivity index (χ0) is 34.1. The molecule has 4 aliphatic rings. The van der Waals surface area contributed by atoms with E-state index < -0.39 is 13.9 Å². The van der Waals surface area contributed by atoms with Gasteiger partial charge in [-0.15, -0.1) is 0 Å². The number of hydrogen-bond donors (Lipinski definition) is 1. The number of ether oxygens (including phenoxy) is 1. The third-order valence-electron chi connectivity index (χ3n) is 12.1. The predicted octanol–water partition coefficient (Wildman–Crippen LogP) is 7.75. The molecule has 7 nitrogen and oxygen atoms in total. The summed E-state index contributed by atoms with van der Waals surface area (Å²) in [6, 6.07) is 12.4. The fourth-order valence-corrected chi connectivity index (χ4v) is 11.0. The number of fused-ring (bicyclic) bond motifs is 3. The second-order valence-corrected chi connectivity index (χ2v) is 21.7. The Morgan fingerprint density at radius 2 is 1.88 bits per heavy atom. The van der Waals surface area contributed by atoms with E-state index >= 15 is 4.39 Å². The Labute approximate surface area is 289 Å². The van der Waals surface area contributed by atoms with Crippen molar-refractivity contribution in [2.24, 2.45) is 11.3 Å². The summed E-state index contributed by atoms with van der Waals surface area (Å²) in [5.41, 5.74) is 2.41. The summed E-state index contributed by atoms with van der Waals surface area (Å²) in [5, 5.41) is 5.94. The molecular formula is C39H50F2N6OSi. The van der Waals surface area contributed by atoms with E-state index in [9.17, 15) is 4.39 Å². The van der Waals surface area contributed by atoms with Gasteiger partial charge in [0.1, 0.15) is 22.8 Å². The molecule has 0 bridgehead atoms. The second-order valence-electron chi connectivity index (χ2n) is 16.3. The first-order chi connectivity index (χ1) is 23.5. The molecular weight excluding hydrogens is 635 g/mol. The average molecular weight is 685 g/mol. The monoisotopic (exact) mass is 684 g/mol. The van der Waals surface area contributed by atoms with Crippen LogP contribution in [0.15, 0.2) is 30.3 Å². The lowest BCUT2D eigenvalue weighted by molar-refractivity contribution is 0.159. The van der Waals surface area contributed by atoms with Crippen LogP contribution in [0, 0.1) is 29.9 Å². The largest absolute Gasteiger partial charge is 0.463 e. The summed E-state index contributed by atoms with van der Waals surface area (Å²) in [6.07, 6.45) is 5.20. The first-order valence-corrected chi connectivity index (χ1v) is 21.9. The predicted molar refractivity (Wildman–Crippen MR) is 196 cm³/mol. The highest BCUT2D eigenvalue weighted by atomic mass is 28.3. The minimum atomic E-state index is -1.09. The minimum absolute atomic E-state index is 0.0968. The number of aryl methyl sites for hydroxylation is 1. The molecule has 3 atom stereocenters. The van der Waals surface area contributed by atoms with E-state index in [2.05, 4.69) is 42.1 Å². The molecule has 0 radical (unpaired) electrons. The van der Waals surface area contributed by atoms with Crippen LogP contribution in [-0.4, -0.2) is 79.3 Å². The Morgan fingerprint density at radius 3 is 2.67 bits per heavy atom. The van der Waals surface area contributed by atoms with Gasteiger partial charge in [-0.3, -0.25) is 0 Å². The number of benzene rings is 2. The molecule has 5 heterocycles. The maximum atomic E-state index is 17.2. The van der Waals surface area contributed by atoms with Crippen LogP contribution in [0.5, 0.6) is 6.01 Å². The number of anilines is 1. The number of nitrogens with zero attached hydrogens (tertiary/aromatic N) is 5. The van der Waals surface area contributed by atoms with Gasteiger partial charge in [-0.2, -0.15) is 9.97 Å². The Balaban J connectivity index is 1.22. The van der Waals surface area contributed by atoms with Crippen LogP contribution >= 0.6 is 0 Å². The topological polar surface area (TPSA) is 66.4 Å². The lowest BCUT2D eigenvalue weighted by atomic mass is 9.93. The van der Waals surface area contributed by atoms with E-state index in [4.69, 9.17) is 19.7 Å². The molecule has 1 aliphatic carbocycles. The Hall–Kier alpha value is -3.21. The lowest BCUT2D eigenvalue weighted by Gasteiger charge is -2.42. The van der Waals surface area contributed by atoms with E-state index in [1.54, 1.807) is 13.0 Å². The van der Waals surface area contributed by atoms with Crippen molar-refractivity contribution in [2.75, 3.05) is 44.2 Å². The third-order valence-corrected chi connectivity index (χ3v) is 15.4. The highest BCUT2D eigenvalue weighted by Crippen LogP contribution is 2.47. The standard InChI is InChI=1S/C39H50F2N6OSi/c1-6-27-21-47-31(20-42-27)24(2)19-30-33-36(34(41)35(43-30)28-10-7-9-26-11-12-29(40)25(3)32(26)28)44-38(45-37(33)47)48-23-39(13-14-39)22-46-15-8-17-49(4,5)18-16-46/h7,9-12,24,27,31,42H,6,8,13-23H2,1-5H3/t24-,27+,31+/m0/s1. The number of rotatable bonds is 7. The summed E-state index contributed by atoms with van der Waals surface area (Å²) in [4.78, 5) is 20.1. The average Bonchev–Trinajstić information content (AvgIpc) is 3.90. The number of hydrogen-bond acceptors (Lipinski definition) is 7. The van der Waals surface area contributed by atoms with Crippen LogP contribution in [0.4, 0.5) is 14.6 Å². The minimum Gasteiger partial charge on any atom is -0.463 e. The van der Waals surface area contributed by atoms with Gasteiger partial charge < -0.3 is 19.9 Å². The molecule has 260 valence electrons. The molecule has 49 heavy (non-hydrogen) atoms. The van der Waals surface area contributed by atoms with Crippen LogP contribution in [0.2, 0.25) is 25.2 Å². The fourth-order valence-electron chi connectivity index (χ4n) is 8.69. The summed E-state index contributed by atoms with van der Waals surface area (Å²) >= 11 is 0. The molecule has 3 aliphatic heterocycles. The van der Waals surface area contributed by atoms with E-state index in [1.807, 2.05) is 18.2 Å². The van der Waals surface area contributed by atoms with Gasteiger partial charge >= 0.3 is 6.01 Å². The SMILES string of the molecule is CC[C@@H]1CN2c3nc(OCC4(CN5CCC[Si](C)(C)CC5)CC4)nc4c(F)c(-c5cccc6ccc(F)c(C)c56)nc(c34)C[C@H](C)[C@H]2CN1. The third kappa shape index (κ3) is 6.12. The normalized spacial score (nSPS) is 24.8. The van der Waals surface area contributed by atoms with Crippen molar-refractivity contribution in [3.8, 4) is 17.3 Å². The van der Waals surface area contributed by atoms with Crippen molar-refractivity contribution >= 4 is 35.6 Å². The highest BCUT2D eigenvalue weighted by molar-refractivity contribution is 6.77. The van der Waals surface area contributed by atoms with Crippen LogP contribution in [-0.2, 0) is 6.42 Å². The van der Waals surface area contributed by atoms with Gasteiger partial charge in [0.15, 0.2) is 5.82 Å². The summed E-state index contributed by atoms with van der Waals surface area (Å²) < 4.78 is 38.6. The first-order valence-electron chi connectivity index (χ1n) is 18.5. The van der Waals surface area contributed by atoms with Crippen LogP contribution in [0.25, 0.3) is 32.9 Å². The molecule has 2 aromatic carbocycles. The number of aromatic nitrogens is 3. The van der Waals surface area contributed by atoms with Crippen LogP contribution < -0.4 is 15.0 Å². The summed E-state index contributed by atoms with van der Waals surface area (Å²) in [6.45, 7) is 16.8. The number of nitrogens with one attached hydrogen (secondary N) is 1. The molecule has 1 saturated carbocycles. The molecule has 0 amide bonds. The van der Waals surface area contributed by atoms with E-state index in [0.717, 1.165) is 62.3 Å². The molecule has 8 rings (SSSR count). The summed E-state index contributed by atoms with van der Waals surface area (Å²) in [7, 11) is -1.09. The van der Waals surface area contributed by atoms with Gasteiger partial charge in [-0.1, -0.05) is 57.3 Å². The van der Waals surface area contributed by atoms with Crippen molar-refractivity contribution in [1.82, 2.24) is 25.2 Å². The molecule has 0 spiro atoms. The van der Waals surface area contributed by atoms with E-state index in [0.29, 0.717) is 41.0 Å². The Bertz CT molecular complexity index is 1910. The number of halogens is 2. The van der Waals surface area contributed by atoms with Gasteiger partial charge in [-0.05, 0) is 86.5 Å². The number of pyridine rings is 1. The van der Waals surface area contributed by atoms with Gasteiger partial charge in [-0.25, -0.2) is 13.8 Å². The van der Waals surface area contributed by atoms with E-state index in [1.165, 1.54) is 31.1 Å². The maximum Gasteiger partial charge on any atom is 0.319 e. The zero-order valence-electron chi connectivity index (χ0n) is 29.7. The fraction of sp³-hybridized carbons (Fsp3) is 0.564. The molecule has 2 aromatic heterocycles. The molecule has 4 aromatic rings. The quantitative estimate of drug-likeness (QED) is 0.200. The van der Waals surface area contributed by atoms with Crippen molar-refractivity contribution in [1.29, 1.82) is 0 Å². The van der Waals surface area contributed by atoms with Crippen LogP contribution in [0.1, 0.15) is 50.8 Å². The van der Waals surface area contributed by atoms with Gasteiger partial charge in [0.25, 0.3) is 0 Å². The van der Waals surface area contributed by atoms with Gasteiger partial charge in [0.2, 0.25) is 0 Å². The molecule has 0 unspecified atom stereocenters. The zero-order valence-corrected chi connectivity index (χ0v) is 30.7. The first kappa shape index (κ1) is 33.0. The molecule has 1 N–H and O–H groups in total. The van der Waals surface area contributed by atoms with Crippen LogP contribution in [0.3, 0.4) is 0 Å². The Morgan fingerprint density at radius 1 is 1.04 bits per heavy atom. The van der Waals surface area contributed by atoms with Crippen molar-refractivity contribution in [2.45, 2.75) is 90.1 Å². The maximum absolute atomic E-state index is 17.2. The number of piperazine rings is 1. The van der Waals surface area contributed by atoms with Crippen molar-refractivity contribution < 1.29 is 13.5 Å². The van der Waals surface area contributed by atoms with Gasteiger partial charge in [0, 0.05) is 50.8 Å². The molecule has 3 fully saturated rings. The smallest absolute Gasteiger partial charge is 0.319 e. The van der Waals surface area contributed by atoms with Crippen molar-refractivity contribution in [3.63, 3.8) is 0 Å². The highest BCUT2D eigenvalue weighted by Gasteiger charge is 2.46. The second kappa shape index (κ2) is 12.5. The van der Waals surface area contributed by atoms with E-state index in [-0.39, 0.29) is 40.4 Å². The molecule has 2 saturated heterocycles. The Kier molecular flexibility index (Phi) is 8.43. The summed E-state index contributed by atoms with van der Waals surface area (Å²) in [5.74, 6) is 0.144. The molecule has 10 heteroatoms. The lowest BCUT2D eigenvalue weighted by Crippen LogP contribution is -2.58.